The van der Waals surface area contributed by atoms with Gasteiger partial charge in [-0.25, -0.2) is 4.39 Å². The van der Waals surface area contributed by atoms with Crippen LogP contribution in [0.1, 0.15) is 32.3 Å². The van der Waals surface area contributed by atoms with Gasteiger partial charge in [-0.3, -0.25) is 10.1 Å². The first-order valence-corrected chi connectivity index (χ1v) is 5.46. The van der Waals surface area contributed by atoms with Gasteiger partial charge in [0, 0.05) is 11.5 Å². The molecule has 2 atom stereocenters. The van der Waals surface area contributed by atoms with E-state index in [4.69, 9.17) is 0 Å². The molecule has 0 spiro atoms. The Bertz CT molecular complexity index is 410. The lowest BCUT2D eigenvalue weighted by molar-refractivity contribution is -0.386. The molecule has 0 amide bonds. The number of nitro benzene ring substituents is 1. The smallest absolute Gasteiger partial charge is 0.275 e. The second kappa shape index (κ2) is 5.23. The maximum Gasteiger partial charge on any atom is 0.275 e. The lowest BCUT2D eigenvalue weighted by atomic mass is 9.83. The van der Waals surface area contributed by atoms with Crippen molar-refractivity contribution >= 4 is 5.69 Å². The fraction of sp³-hybridized carbons (Fsp3) is 0.500. The highest BCUT2D eigenvalue weighted by Crippen LogP contribution is 2.34. The molecule has 0 saturated carbocycles. The zero-order valence-corrected chi connectivity index (χ0v) is 10.1. The summed E-state index contributed by atoms with van der Waals surface area (Å²) >= 11 is 0. The molecule has 0 saturated heterocycles. The molecule has 5 heteroatoms. The van der Waals surface area contributed by atoms with Crippen molar-refractivity contribution in [2.75, 3.05) is 0 Å². The van der Waals surface area contributed by atoms with Gasteiger partial charge in [0.1, 0.15) is 5.82 Å². The Labute approximate surface area is 99.2 Å². The van der Waals surface area contributed by atoms with E-state index in [1.807, 2.05) is 13.8 Å². The van der Waals surface area contributed by atoms with Gasteiger partial charge in [0.25, 0.3) is 5.69 Å². The van der Waals surface area contributed by atoms with Crippen molar-refractivity contribution in [3.8, 4) is 0 Å². The Morgan fingerprint density at radius 2 is 1.94 bits per heavy atom. The van der Waals surface area contributed by atoms with Crippen LogP contribution in [-0.2, 0) is 0 Å². The summed E-state index contributed by atoms with van der Waals surface area (Å²) in [5.41, 5.74) is 0.103. The summed E-state index contributed by atoms with van der Waals surface area (Å²) in [7, 11) is 0. The molecule has 0 aliphatic carbocycles. The Kier molecular flexibility index (Phi) is 4.17. The second-order valence-electron chi connectivity index (χ2n) is 4.47. The zero-order valence-electron chi connectivity index (χ0n) is 10.1. The van der Waals surface area contributed by atoms with Gasteiger partial charge in [0.2, 0.25) is 0 Å². The molecule has 0 aromatic heterocycles. The van der Waals surface area contributed by atoms with Crippen molar-refractivity contribution in [2.24, 2.45) is 5.92 Å². The summed E-state index contributed by atoms with van der Waals surface area (Å²) in [4.78, 5) is 10.3. The SMILES string of the molecule is CC(C)C(c1ccc(F)cc1[N+](=O)[O-])C(C)O. The summed E-state index contributed by atoms with van der Waals surface area (Å²) in [6, 6.07) is 3.46. The molecule has 0 aliphatic heterocycles. The van der Waals surface area contributed by atoms with E-state index >= 15 is 0 Å². The number of nitrogens with zero attached hydrogens (tertiary/aromatic N) is 1. The first kappa shape index (κ1) is 13.6. The lowest BCUT2D eigenvalue weighted by Crippen LogP contribution is -2.21. The molecule has 1 aromatic carbocycles. The van der Waals surface area contributed by atoms with E-state index < -0.39 is 16.8 Å². The van der Waals surface area contributed by atoms with Gasteiger partial charge in [0.05, 0.1) is 17.1 Å². The van der Waals surface area contributed by atoms with Crippen molar-refractivity contribution in [1.29, 1.82) is 0 Å². The molecular formula is C12H16FNO3. The maximum absolute atomic E-state index is 13.0. The van der Waals surface area contributed by atoms with Gasteiger partial charge in [-0.15, -0.1) is 0 Å². The van der Waals surface area contributed by atoms with Crippen LogP contribution in [-0.4, -0.2) is 16.1 Å². The molecule has 0 bridgehead atoms. The van der Waals surface area contributed by atoms with Crippen LogP contribution in [0.3, 0.4) is 0 Å². The molecule has 0 heterocycles. The highest BCUT2D eigenvalue weighted by Gasteiger charge is 2.28. The van der Waals surface area contributed by atoms with E-state index in [2.05, 4.69) is 0 Å². The van der Waals surface area contributed by atoms with Crippen LogP contribution < -0.4 is 0 Å². The van der Waals surface area contributed by atoms with Gasteiger partial charge in [-0.05, 0) is 25.0 Å². The quantitative estimate of drug-likeness (QED) is 0.651. The van der Waals surface area contributed by atoms with Gasteiger partial charge >= 0.3 is 0 Å². The van der Waals surface area contributed by atoms with Crippen molar-refractivity contribution in [3.63, 3.8) is 0 Å². The van der Waals surface area contributed by atoms with Crippen LogP contribution in [0, 0.1) is 21.8 Å². The number of hydrogen-bond donors (Lipinski definition) is 1. The molecule has 0 aliphatic rings. The van der Waals surface area contributed by atoms with E-state index in [0.717, 1.165) is 6.07 Å². The molecule has 1 aromatic rings. The number of halogens is 1. The standard InChI is InChI=1S/C12H16FNO3/c1-7(2)12(8(3)15)10-5-4-9(13)6-11(10)14(16)17/h4-8,12,15H,1-3H3. The minimum Gasteiger partial charge on any atom is -0.393 e. The molecule has 4 nitrogen and oxygen atoms in total. The minimum atomic E-state index is -0.723. The van der Waals surface area contributed by atoms with Gasteiger partial charge in [-0.1, -0.05) is 13.8 Å². The number of nitro groups is 1. The summed E-state index contributed by atoms with van der Waals surface area (Å²) < 4.78 is 13.0. The molecule has 1 N–H and O–H groups in total. The summed E-state index contributed by atoms with van der Waals surface area (Å²) in [5, 5.41) is 20.6. The van der Waals surface area contributed by atoms with Crippen LogP contribution in [0.2, 0.25) is 0 Å². The second-order valence-corrected chi connectivity index (χ2v) is 4.47. The first-order chi connectivity index (χ1) is 7.84. The lowest BCUT2D eigenvalue weighted by Gasteiger charge is -2.23. The number of aliphatic hydroxyl groups is 1. The minimum absolute atomic E-state index is 0.0270. The highest BCUT2D eigenvalue weighted by molar-refractivity contribution is 5.43. The predicted molar refractivity (Wildman–Crippen MR) is 62.3 cm³/mol. The Morgan fingerprint density at radius 1 is 1.35 bits per heavy atom. The average Bonchev–Trinajstić information content (AvgIpc) is 2.19. The summed E-state index contributed by atoms with van der Waals surface area (Å²) in [6.45, 7) is 5.31. The Morgan fingerprint density at radius 3 is 2.35 bits per heavy atom. The fourth-order valence-corrected chi connectivity index (χ4v) is 2.13. The van der Waals surface area contributed by atoms with E-state index in [9.17, 15) is 19.6 Å². The number of rotatable bonds is 4. The van der Waals surface area contributed by atoms with Crippen LogP contribution in [0.4, 0.5) is 10.1 Å². The van der Waals surface area contributed by atoms with E-state index in [1.165, 1.54) is 12.1 Å². The molecule has 2 unspecified atom stereocenters. The largest absolute Gasteiger partial charge is 0.393 e. The number of benzene rings is 1. The van der Waals surface area contributed by atoms with Gasteiger partial charge in [-0.2, -0.15) is 0 Å². The third-order valence-corrected chi connectivity index (χ3v) is 2.79. The Balaban J connectivity index is 3.32. The third-order valence-electron chi connectivity index (χ3n) is 2.79. The molecule has 1 rings (SSSR count). The third kappa shape index (κ3) is 3.00. The van der Waals surface area contributed by atoms with Crippen LogP contribution in [0.15, 0.2) is 18.2 Å². The first-order valence-electron chi connectivity index (χ1n) is 5.46. The van der Waals surface area contributed by atoms with Crippen LogP contribution in [0.25, 0.3) is 0 Å². The summed E-state index contributed by atoms with van der Waals surface area (Å²) in [6.07, 6.45) is -0.723. The Hall–Kier alpha value is -1.49. The topological polar surface area (TPSA) is 63.4 Å². The van der Waals surface area contributed by atoms with Crippen molar-refractivity contribution in [2.45, 2.75) is 32.8 Å². The molecule has 94 valence electrons. The van der Waals surface area contributed by atoms with Crippen LogP contribution in [0.5, 0.6) is 0 Å². The van der Waals surface area contributed by atoms with Crippen molar-refractivity contribution < 1.29 is 14.4 Å². The predicted octanol–water partition coefficient (Wildman–Crippen LogP) is 2.85. The molecule has 17 heavy (non-hydrogen) atoms. The maximum atomic E-state index is 13.0. The van der Waals surface area contributed by atoms with Crippen molar-refractivity contribution in [1.82, 2.24) is 0 Å². The van der Waals surface area contributed by atoms with Gasteiger partial charge in [0.15, 0.2) is 0 Å². The summed E-state index contributed by atoms with van der Waals surface area (Å²) in [5.74, 6) is -0.997. The average molecular weight is 241 g/mol. The zero-order chi connectivity index (χ0) is 13.2. The monoisotopic (exact) mass is 241 g/mol. The highest BCUT2D eigenvalue weighted by atomic mass is 19.1. The normalized spacial score (nSPS) is 14.7. The van der Waals surface area contributed by atoms with Crippen molar-refractivity contribution in [3.05, 3.63) is 39.7 Å². The van der Waals surface area contributed by atoms with E-state index in [0.29, 0.717) is 5.56 Å². The van der Waals surface area contributed by atoms with E-state index in [-0.39, 0.29) is 17.5 Å². The fourth-order valence-electron chi connectivity index (χ4n) is 2.13. The number of hydrogen-bond acceptors (Lipinski definition) is 3. The van der Waals surface area contributed by atoms with Crippen LogP contribution >= 0.6 is 0 Å². The van der Waals surface area contributed by atoms with E-state index in [1.54, 1.807) is 6.92 Å². The molecular weight excluding hydrogens is 225 g/mol. The molecule has 0 radical (unpaired) electrons. The van der Waals surface area contributed by atoms with Gasteiger partial charge < -0.3 is 5.11 Å². The number of aliphatic hydroxyl groups excluding tert-OH is 1. The molecule has 0 fully saturated rings.